The van der Waals surface area contributed by atoms with E-state index in [0.717, 1.165) is 24.1 Å². The van der Waals surface area contributed by atoms with Gasteiger partial charge >= 0.3 is 0 Å². The number of carbonyl (C=O) groups is 2. The van der Waals surface area contributed by atoms with Crippen LogP contribution < -0.4 is 15.0 Å². The molecule has 0 bridgehead atoms. The van der Waals surface area contributed by atoms with Gasteiger partial charge in [0.1, 0.15) is 5.75 Å². The maximum absolute atomic E-state index is 12.8. The molecule has 0 saturated carbocycles. The highest BCUT2D eigenvalue weighted by molar-refractivity contribution is 6.06. The van der Waals surface area contributed by atoms with E-state index in [9.17, 15) is 9.59 Å². The third kappa shape index (κ3) is 4.43. The molecule has 6 heteroatoms. The molecule has 0 aliphatic carbocycles. The van der Waals surface area contributed by atoms with Crippen molar-refractivity contribution >= 4 is 23.2 Å². The minimum absolute atomic E-state index is 0.0628. The molecule has 29 heavy (non-hydrogen) atoms. The molecule has 0 unspecified atom stereocenters. The largest absolute Gasteiger partial charge is 0.484 e. The van der Waals surface area contributed by atoms with Crippen LogP contribution in [0.2, 0.25) is 0 Å². The molecule has 1 aromatic heterocycles. The van der Waals surface area contributed by atoms with Gasteiger partial charge in [-0.3, -0.25) is 14.6 Å². The van der Waals surface area contributed by atoms with E-state index in [1.807, 2.05) is 36.4 Å². The zero-order valence-corrected chi connectivity index (χ0v) is 15.9. The zero-order valence-electron chi connectivity index (χ0n) is 15.9. The molecule has 2 aromatic carbocycles. The SMILES string of the molecule is O=C(COc1ccccc1)Nc1ccc2c(c1)CCCN2C(=O)c1cccnc1. The topological polar surface area (TPSA) is 71.5 Å². The van der Waals surface area contributed by atoms with Gasteiger partial charge in [-0.15, -0.1) is 0 Å². The van der Waals surface area contributed by atoms with Crippen LogP contribution >= 0.6 is 0 Å². The first-order valence-corrected chi connectivity index (χ1v) is 9.53. The van der Waals surface area contributed by atoms with E-state index in [4.69, 9.17) is 4.74 Å². The minimum atomic E-state index is -0.229. The first-order chi connectivity index (χ1) is 14.2. The van der Waals surface area contributed by atoms with Gasteiger partial charge < -0.3 is 15.0 Å². The Morgan fingerprint density at radius 3 is 2.72 bits per heavy atom. The average Bonchev–Trinajstić information content (AvgIpc) is 2.78. The molecule has 0 fully saturated rings. The number of ether oxygens (including phenoxy) is 1. The van der Waals surface area contributed by atoms with Crippen LogP contribution in [0.1, 0.15) is 22.3 Å². The number of nitrogens with one attached hydrogen (secondary N) is 1. The number of anilines is 2. The van der Waals surface area contributed by atoms with Crippen LogP contribution in [0.4, 0.5) is 11.4 Å². The molecular formula is C23H21N3O3. The van der Waals surface area contributed by atoms with Gasteiger partial charge in [0.25, 0.3) is 11.8 Å². The fourth-order valence-electron chi connectivity index (χ4n) is 3.39. The number of aryl methyl sites for hydroxylation is 1. The van der Waals surface area contributed by atoms with Crippen molar-refractivity contribution in [1.29, 1.82) is 0 Å². The van der Waals surface area contributed by atoms with Crippen molar-refractivity contribution < 1.29 is 14.3 Å². The van der Waals surface area contributed by atoms with Crippen molar-refractivity contribution in [3.8, 4) is 5.75 Å². The Kier molecular flexibility index (Phi) is 5.52. The lowest BCUT2D eigenvalue weighted by Gasteiger charge is -2.30. The molecule has 3 aromatic rings. The van der Waals surface area contributed by atoms with Crippen molar-refractivity contribution in [2.45, 2.75) is 12.8 Å². The van der Waals surface area contributed by atoms with Crippen molar-refractivity contribution in [3.05, 3.63) is 84.2 Å². The molecule has 2 heterocycles. The molecule has 146 valence electrons. The number of aromatic nitrogens is 1. The molecule has 1 aliphatic rings. The van der Waals surface area contributed by atoms with Gasteiger partial charge in [-0.1, -0.05) is 18.2 Å². The predicted molar refractivity (Wildman–Crippen MR) is 111 cm³/mol. The third-order valence-corrected chi connectivity index (χ3v) is 4.75. The summed E-state index contributed by atoms with van der Waals surface area (Å²) in [5.41, 5.74) is 3.18. The lowest BCUT2D eigenvalue weighted by Crippen LogP contribution is -2.35. The highest BCUT2D eigenvalue weighted by Gasteiger charge is 2.24. The Balaban J connectivity index is 1.44. The van der Waals surface area contributed by atoms with Crippen LogP contribution in [0.25, 0.3) is 0 Å². The smallest absolute Gasteiger partial charge is 0.262 e. The summed E-state index contributed by atoms with van der Waals surface area (Å²) in [6.07, 6.45) is 4.96. The summed E-state index contributed by atoms with van der Waals surface area (Å²) in [4.78, 5) is 30.9. The number of hydrogen-bond donors (Lipinski definition) is 1. The second-order valence-corrected chi connectivity index (χ2v) is 6.80. The highest BCUT2D eigenvalue weighted by atomic mass is 16.5. The summed E-state index contributed by atoms with van der Waals surface area (Å²) in [5.74, 6) is 0.359. The second-order valence-electron chi connectivity index (χ2n) is 6.80. The maximum atomic E-state index is 12.8. The van der Waals surface area contributed by atoms with Crippen molar-refractivity contribution in [2.75, 3.05) is 23.4 Å². The number of fused-ring (bicyclic) bond motifs is 1. The van der Waals surface area contributed by atoms with Crippen molar-refractivity contribution in [1.82, 2.24) is 4.98 Å². The Labute approximate surface area is 169 Å². The lowest BCUT2D eigenvalue weighted by atomic mass is 10.00. The van der Waals surface area contributed by atoms with E-state index in [2.05, 4.69) is 10.3 Å². The van der Waals surface area contributed by atoms with E-state index in [1.165, 1.54) is 0 Å². The average molecular weight is 387 g/mol. The lowest BCUT2D eigenvalue weighted by molar-refractivity contribution is -0.118. The monoisotopic (exact) mass is 387 g/mol. The first kappa shape index (κ1) is 18.7. The van der Waals surface area contributed by atoms with Crippen LogP contribution in [-0.4, -0.2) is 29.9 Å². The second kappa shape index (κ2) is 8.56. The molecule has 0 saturated heterocycles. The normalized spacial score (nSPS) is 12.8. The Hall–Kier alpha value is -3.67. The quantitative estimate of drug-likeness (QED) is 0.725. The summed E-state index contributed by atoms with van der Waals surface area (Å²) >= 11 is 0. The van der Waals surface area contributed by atoms with Gasteiger partial charge in [-0.25, -0.2) is 0 Å². The summed E-state index contributed by atoms with van der Waals surface area (Å²) in [6.45, 7) is 0.601. The first-order valence-electron chi connectivity index (χ1n) is 9.53. The third-order valence-electron chi connectivity index (χ3n) is 4.75. The molecule has 1 N–H and O–H groups in total. The number of rotatable bonds is 5. The van der Waals surface area contributed by atoms with Crippen molar-refractivity contribution in [3.63, 3.8) is 0 Å². The van der Waals surface area contributed by atoms with E-state index in [1.54, 1.807) is 41.6 Å². The number of hydrogen-bond acceptors (Lipinski definition) is 4. The van der Waals surface area contributed by atoms with Crippen LogP contribution in [0.5, 0.6) is 5.75 Å². The van der Waals surface area contributed by atoms with Crippen LogP contribution in [-0.2, 0) is 11.2 Å². The van der Waals surface area contributed by atoms with Gasteiger partial charge in [-0.2, -0.15) is 0 Å². The molecule has 0 radical (unpaired) electrons. The number of nitrogens with zero attached hydrogens (tertiary/aromatic N) is 2. The van der Waals surface area contributed by atoms with Crippen molar-refractivity contribution in [2.24, 2.45) is 0 Å². The number of benzene rings is 2. The molecular weight excluding hydrogens is 366 g/mol. The van der Waals surface area contributed by atoms with Gasteiger partial charge in [0.05, 0.1) is 5.56 Å². The number of carbonyl (C=O) groups excluding carboxylic acids is 2. The molecule has 6 nitrogen and oxygen atoms in total. The van der Waals surface area contributed by atoms with Gasteiger partial charge in [0.2, 0.25) is 0 Å². The van der Waals surface area contributed by atoms with Crippen LogP contribution in [0, 0.1) is 0 Å². The van der Waals surface area contributed by atoms with Gasteiger partial charge in [-0.05, 0) is 60.9 Å². The predicted octanol–water partition coefficient (Wildman–Crippen LogP) is 3.69. The van der Waals surface area contributed by atoms with Gasteiger partial charge in [0, 0.05) is 30.3 Å². The molecule has 0 spiro atoms. The molecule has 2 amide bonds. The van der Waals surface area contributed by atoms with Crippen LogP contribution in [0.15, 0.2) is 73.1 Å². The van der Waals surface area contributed by atoms with E-state index in [-0.39, 0.29) is 18.4 Å². The molecule has 1 aliphatic heterocycles. The Bertz CT molecular complexity index is 1010. The van der Waals surface area contributed by atoms with E-state index >= 15 is 0 Å². The molecule has 0 atom stereocenters. The summed E-state index contributed by atoms with van der Waals surface area (Å²) in [6, 6.07) is 18.4. The summed E-state index contributed by atoms with van der Waals surface area (Å²) < 4.78 is 5.48. The standard InChI is InChI=1S/C23H21N3O3/c27-22(16-29-20-8-2-1-3-9-20)25-19-10-11-21-17(14-19)7-5-13-26(21)23(28)18-6-4-12-24-15-18/h1-4,6,8-12,14-15H,5,7,13,16H2,(H,25,27). The zero-order chi connectivity index (χ0) is 20.1. The summed E-state index contributed by atoms with van der Waals surface area (Å²) in [5, 5.41) is 2.86. The highest BCUT2D eigenvalue weighted by Crippen LogP contribution is 2.30. The van der Waals surface area contributed by atoms with E-state index < -0.39 is 0 Å². The summed E-state index contributed by atoms with van der Waals surface area (Å²) in [7, 11) is 0. The number of para-hydroxylation sites is 1. The Morgan fingerprint density at radius 1 is 1.07 bits per heavy atom. The Morgan fingerprint density at radius 2 is 1.93 bits per heavy atom. The van der Waals surface area contributed by atoms with Gasteiger partial charge in [0.15, 0.2) is 6.61 Å². The molecule has 4 rings (SSSR count). The maximum Gasteiger partial charge on any atom is 0.262 e. The van der Waals surface area contributed by atoms with Crippen LogP contribution in [0.3, 0.4) is 0 Å². The number of pyridine rings is 1. The fourth-order valence-corrected chi connectivity index (χ4v) is 3.39. The fraction of sp³-hybridized carbons (Fsp3) is 0.174. The number of amides is 2. The van der Waals surface area contributed by atoms with E-state index in [0.29, 0.717) is 23.5 Å². The minimum Gasteiger partial charge on any atom is -0.484 e.